The van der Waals surface area contributed by atoms with Crippen molar-refractivity contribution in [2.45, 2.75) is 50.1 Å². The van der Waals surface area contributed by atoms with Crippen LogP contribution in [0.4, 0.5) is 0 Å². The summed E-state index contributed by atoms with van der Waals surface area (Å²) in [5, 5.41) is 26.7. The van der Waals surface area contributed by atoms with E-state index in [1.165, 1.54) is 23.0 Å². The van der Waals surface area contributed by atoms with E-state index in [1.807, 2.05) is 0 Å². The Labute approximate surface area is 186 Å². The number of nitrogens with one attached hydrogen (secondary N) is 1. The summed E-state index contributed by atoms with van der Waals surface area (Å²) in [4.78, 5) is 11.6. The zero-order valence-electron chi connectivity index (χ0n) is 17.7. The third-order valence-electron chi connectivity index (χ3n) is 5.03. The fraction of sp³-hybridized carbons (Fsp3) is 0.318. The van der Waals surface area contributed by atoms with Crippen LogP contribution in [0, 0.1) is 0 Å². The number of phenolic OH excluding ortho intramolecular Hbond substituents is 1. The summed E-state index contributed by atoms with van der Waals surface area (Å²) in [6, 6.07) is 12.6. The van der Waals surface area contributed by atoms with Gasteiger partial charge in [-0.05, 0) is 48.2 Å². The first kappa shape index (κ1) is 23.4. The largest absolute Gasteiger partial charge is 0.508 e. The molecule has 0 bridgehead atoms. The molecule has 3 N–H and O–H groups in total. The minimum atomic E-state index is -3.76. The molecular formula is C22H26N4O5S. The molecule has 0 aliphatic rings. The lowest BCUT2D eigenvalue weighted by atomic mass is 10.0. The van der Waals surface area contributed by atoms with Gasteiger partial charge in [-0.15, -0.1) is 5.10 Å². The van der Waals surface area contributed by atoms with Crippen molar-refractivity contribution in [3.05, 3.63) is 71.5 Å². The topological polar surface area (TPSA) is 134 Å². The molecule has 0 aliphatic heterocycles. The summed E-state index contributed by atoms with van der Waals surface area (Å²) >= 11 is 0. The molecule has 0 fully saturated rings. The Morgan fingerprint density at radius 1 is 1.09 bits per heavy atom. The monoisotopic (exact) mass is 458 g/mol. The van der Waals surface area contributed by atoms with Crippen LogP contribution in [0.1, 0.15) is 42.6 Å². The second kappa shape index (κ2) is 10.4. The van der Waals surface area contributed by atoms with Crippen molar-refractivity contribution >= 4 is 16.0 Å². The maximum atomic E-state index is 12.7. The fourth-order valence-electron chi connectivity index (χ4n) is 3.43. The van der Waals surface area contributed by atoms with E-state index in [-0.39, 0.29) is 23.6 Å². The van der Waals surface area contributed by atoms with E-state index < -0.39 is 22.0 Å². The lowest BCUT2D eigenvalue weighted by Crippen LogP contribution is -2.27. The molecule has 1 unspecified atom stereocenters. The van der Waals surface area contributed by atoms with Crippen LogP contribution < -0.4 is 4.72 Å². The summed E-state index contributed by atoms with van der Waals surface area (Å²) in [5.74, 6) is -0.898. The molecule has 32 heavy (non-hydrogen) atoms. The molecule has 3 aromatic rings. The van der Waals surface area contributed by atoms with Crippen LogP contribution in [-0.2, 0) is 34.2 Å². The maximum absolute atomic E-state index is 12.7. The van der Waals surface area contributed by atoms with Crippen molar-refractivity contribution in [3.8, 4) is 5.75 Å². The highest BCUT2D eigenvalue weighted by molar-refractivity contribution is 7.89. The molecule has 0 radical (unpaired) electrons. The smallest absolute Gasteiger partial charge is 0.305 e. The Morgan fingerprint density at radius 2 is 1.75 bits per heavy atom. The van der Waals surface area contributed by atoms with Gasteiger partial charge in [-0.2, -0.15) is 0 Å². The number of rotatable bonds is 11. The number of hydrogen-bond acceptors (Lipinski definition) is 6. The number of aromatic hydroxyl groups is 1. The highest BCUT2D eigenvalue weighted by Crippen LogP contribution is 2.21. The number of aryl methyl sites for hydroxylation is 1. The van der Waals surface area contributed by atoms with Crippen LogP contribution in [0.25, 0.3) is 0 Å². The van der Waals surface area contributed by atoms with Crippen LogP contribution in [0.15, 0.2) is 59.6 Å². The Bertz CT molecular complexity index is 1140. The second-order valence-corrected chi connectivity index (χ2v) is 9.28. The van der Waals surface area contributed by atoms with Gasteiger partial charge in [-0.3, -0.25) is 4.79 Å². The van der Waals surface area contributed by atoms with Crippen molar-refractivity contribution in [2.75, 3.05) is 0 Å². The molecule has 0 saturated carbocycles. The number of benzene rings is 2. The van der Waals surface area contributed by atoms with E-state index in [0.29, 0.717) is 12.1 Å². The molecule has 170 valence electrons. The van der Waals surface area contributed by atoms with Crippen LogP contribution in [0.5, 0.6) is 5.75 Å². The zero-order valence-corrected chi connectivity index (χ0v) is 18.5. The highest BCUT2D eigenvalue weighted by Gasteiger charge is 2.22. The first-order valence-corrected chi connectivity index (χ1v) is 11.7. The number of sulfonamides is 1. The van der Waals surface area contributed by atoms with Crippen molar-refractivity contribution < 1.29 is 23.4 Å². The van der Waals surface area contributed by atoms with Crippen LogP contribution in [-0.4, -0.2) is 39.6 Å². The number of carboxylic acids is 1. The number of nitrogens with zero attached hydrogens (tertiary/aromatic N) is 3. The standard InChI is InChI=1S/C22H26N4O5S/c1-2-3-16-6-10-21(11-7-16)32(30,31)24-15-19-14-23-25-26(19)18(13-22(28)29)12-17-4-8-20(27)9-5-17/h4-11,14,18,24,27H,2-3,12-13,15H2,1H3,(H,28,29). The predicted molar refractivity (Wildman–Crippen MR) is 118 cm³/mol. The lowest BCUT2D eigenvalue weighted by Gasteiger charge is -2.18. The van der Waals surface area contributed by atoms with E-state index in [9.17, 15) is 23.4 Å². The quantitative estimate of drug-likeness (QED) is 0.402. The summed E-state index contributed by atoms with van der Waals surface area (Å²) in [6.45, 7) is 1.97. The zero-order chi connectivity index (χ0) is 23.1. The minimum absolute atomic E-state index is 0.0856. The van der Waals surface area contributed by atoms with E-state index in [4.69, 9.17) is 0 Å². The summed E-state index contributed by atoms with van der Waals surface area (Å²) in [5.41, 5.74) is 2.32. The van der Waals surface area contributed by atoms with Gasteiger partial charge in [-0.25, -0.2) is 17.8 Å². The molecular weight excluding hydrogens is 432 g/mol. The summed E-state index contributed by atoms with van der Waals surface area (Å²) in [6.07, 6.45) is 3.38. The Hall–Kier alpha value is -3.24. The molecule has 0 aliphatic carbocycles. The van der Waals surface area contributed by atoms with Gasteiger partial charge in [0.1, 0.15) is 5.75 Å². The van der Waals surface area contributed by atoms with Gasteiger partial charge < -0.3 is 10.2 Å². The first-order chi connectivity index (χ1) is 15.3. The van der Waals surface area contributed by atoms with Crippen molar-refractivity contribution in [1.82, 2.24) is 19.7 Å². The maximum Gasteiger partial charge on any atom is 0.305 e. The predicted octanol–water partition coefficient (Wildman–Crippen LogP) is 2.67. The first-order valence-electron chi connectivity index (χ1n) is 10.3. The Balaban J connectivity index is 1.76. The molecule has 0 spiro atoms. The van der Waals surface area contributed by atoms with Crippen LogP contribution in [0.3, 0.4) is 0 Å². The van der Waals surface area contributed by atoms with E-state index in [1.54, 1.807) is 36.4 Å². The third-order valence-corrected chi connectivity index (χ3v) is 6.45. The third kappa shape index (κ3) is 6.14. The number of carbonyl (C=O) groups is 1. The van der Waals surface area contributed by atoms with Gasteiger partial charge in [0.25, 0.3) is 0 Å². The van der Waals surface area contributed by atoms with E-state index in [2.05, 4.69) is 22.0 Å². The normalized spacial score (nSPS) is 12.5. The molecule has 0 saturated heterocycles. The molecule has 1 aromatic heterocycles. The SMILES string of the molecule is CCCc1ccc(S(=O)(=O)NCc2cnnn2C(CC(=O)O)Cc2ccc(O)cc2)cc1. The second-order valence-electron chi connectivity index (χ2n) is 7.51. The molecule has 9 nitrogen and oxygen atoms in total. The van der Waals surface area contributed by atoms with E-state index in [0.717, 1.165) is 24.0 Å². The van der Waals surface area contributed by atoms with Gasteiger partial charge in [0.05, 0.1) is 35.8 Å². The Kier molecular flexibility index (Phi) is 7.60. The number of hydrogen-bond donors (Lipinski definition) is 3. The Morgan fingerprint density at radius 3 is 2.38 bits per heavy atom. The van der Waals surface area contributed by atoms with Gasteiger partial charge >= 0.3 is 5.97 Å². The summed E-state index contributed by atoms with van der Waals surface area (Å²) < 4.78 is 29.4. The highest BCUT2D eigenvalue weighted by atomic mass is 32.2. The number of phenols is 1. The van der Waals surface area contributed by atoms with Crippen molar-refractivity contribution in [1.29, 1.82) is 0 Å². The fourth-order valence-corrected chi connectivity index (χ4v) is 4.42. The molecule has 1 atom stereocenters. The minimum Gasteiger partial charge on any atom is -0.508 e. The number of aliphatic carboxylic acids is 1. The van der Waals surface area contributed by atoms with Crippen molar-refractivity contribution in [2.24, 2.45) is 0 Å². The van der Waals surface area contributed by atoms with Gasteiger partial charge in [0.2, 0.25) is 10.0 Å². The number of aromatic nitrogens is 3. The van der Waals surface area contributed by atoms with E-state index >= 15 is 0 Å². The summed E-state index contributed by atoms with van der Waals surface area (Å²) in [7, 11) is -3.76. The molecule has 1 heterocycles. The molecule has 10 heteroatoms. The average Bonchev–Trinajstić information content (AvgIpc) is 3.22. The molecule has 2 aromatic carbocycles. The van der Waals surface area contributed by atoms with Crippen molar-refractivity contribution in [3.63, 3.8) is 0 Å². The van der Waals surface area contributed by atoms with Crippen LogP contribution >= 0.6 is 0 Å². The van der Waals surface area contributed by atoms with Crippen LogP contribution in [0.2, 0.25) is 0 Å². The lowest BCUT2D eigenvalue weighted by molar-refractivity contribution is -0.138. The van der Waals surface area contributed by atoms with Gasteiger partial charge in [0.15, 0.2) is 0 Å². The molecule has 0 amide bonds. The van der Waals surface area contributed by atoms with Gasteiger partial charge in [0, 0.05) is 0 Å². The van der Waals surface area contributed by atoms with Gasteiger partial charge in [-0.1, -0.05) is 42.8 Å². The number of carboxylic acid groups (broad SMARTS) is 1. The molecule has 3 rings (SSSR count). The average molecular weight is 459 g/mol.